The number of ether oxygens (including phenoxy) is 1. The lowest BCUT2D eigenvalue weighted by Crippen LogP contribution is -2.36. The number of alkyl halides is 3. The normalized spacial score (nSPS) is 12.8. The number of halogens is 3. The molecule has 0 saturated heterocycles. The van der Waals surface area contributed by atoms with Crippen LogP contribution in [0.4, 0.5) is 13.2 Å². The second-order valence-corrected chi connectivity index (χ2v) is 5.78. The topological polar surface area (TPSA) is 81.9 Å². The molecule has 0 aliphatic heterocycles. The first-order valence-electron chi connectivity index (χ1n) is 8.10. The summed E-state index contributed by atoms with van der Waals surface area (Å²) in [5.41, 5.74) is 0.851. The van der Waals surface area contributed by atoms with E-state index in [9.17, 15) is 18.0 Å². The molecule has 0 saturated carbocycles. The molecule has 0 aliphatic rings. The van der Waals surface area contributed by atoms with Crippen molar-refractivity contribution in [3.63, 3.8) is 0 Å². The van der Waals surface area contributed by atoms with Gasteiger partial charge in [-0.1, -0.05) is 30.3 Å². The van der Waals surface area contributed by atoms with Crippen LogP contribution in [0.25, 0.3) is 11.4 Å². The van der Waals surface area contributed by atoms with Gasteiger partial charge in [0.2, 0.25) is 11.7 Å². The Balaban J connectivity index is 1.66. The van der Waals surface area contributed by atoms with Gasteiger partial charge < -0.3 is 10.1 Å². The molecule has 0 fully saturated rings. The molecule has 142 valence electrons. The fourth-order valence-electron chi connectivity index (χ4n) is 2.16. The highest BCUT2D eigenvalue weighted by Crippen LogP contribution is 2.14. The summed E-state index contributed by atoms with van der Waals surface area (Å²) in [5.74, 6) is 0.238. The SMILES string of the molecule is CC(COCC(F)(F)F)NC(=O)CCCn1nnc(-c2ccccc2)n1. The van der Waals surface area contributed by atoms with Gasteiger partial charge in [0.25, 0.3) is 0 Å². The van der Waals surface area contributed by atoms with Gasteiger partial charge in [-0.25, -0.2) is 0 Å². The molecule has 26 heavy (non-hydrogen) atoms. The predicted molar refractivity (Wildman–Crippen MR) is 87.0 cm³/mol. The number of nitrogens with one attached hydrogen (secondary N) is 1. The maximum Gasteiger partial charge on any atom is 0.411 e. The predicted octanol–water partition coefficient (Wildman–Crippen LogP) is 2.20. The quantitative estimate of drug-likeness (QED) is 0.731. The highest BCUT2D eigenvalue weighted by atomic mass is 19.4. The molecule has 1 aromatic heterocycles. The van der Waals surface area contributed by atoms with E-state index in [0.29, 0.717) is 18.8 Å². The molecule has 10 heteroatoms. The molecule has 0 radical (unpaired) electrons. The molecule has 1 N–H and O–H groups in total. The van der Waals surface area contributed by atoms with Gasteiger partial charge in [-0.15, -0.1) is 10.2 Å². The third kappa shape index (κ3) is 7.18. The van der Waals surface area contributed by atoms with E-state index < -0.39 is 18.8 Å². The number of carbonyl (C=O) groups excluding carboxylic acids is 1. The van der Waals surface area contributed by atoms with Crippen LogP contribution in [0.1, 0.15) is 19.8 Å². The van der Waals surface area contributed by atoms with Crippen molar-refractivity contribution in [2.24, 2.45) is 0 Å². The number of hydrogen-bond donors (Lipinski definition) is 1. The number of nitrogens with zero attached hydrogens (tertiary/aromatic N) is 4. The Hall–Kier alpha value is -2.49. The van der Waals surface area contributed by atoms with E-state index in [2.05, 4.69) is 25.5 Å². The smallest absolute Gasteiger partial charge is 0.370 e. The van der Waals surface area contributed by atoms with Crippen molar-refractivity contribution >= 4 is 5.91 Å². The fraction of sp³-hybridized carbons (Fsp3) is 0.500. The standard InChI is InChI=1S/C16H20F3N5O2/c1-12(10-26-11-16(17,18)19)20-14(25)8-5-9-24-22-15(21-23-24)13-6-3-2-4-7-13/h2-4,6-7,12H,5,8-11H2,1H3,(H,20,25). The van der Waals surface area contributed by atoms with Crippen LogP contribution in [0, 0.1) is 0 Å². The minimum absolute atomic E-state index is 0.198. The summed E-state index contributed by atoms with van der Waals surface area (Å²) in [5, 5.41) is 14.7. The molecule has 2 rings (SSSR count). The summed E-state index contributed by atoms with van der Waals surface area (Å²) in [7, 11) is 0. The van der Waals surface area contributed by atoms with Crippen molar-refractivity contribution in [1.82, 2.24) is 25.5 Å². The average molecular weight is 371 g/mol. The largest absolute Gasteiger partial charge is 0.411 e. The number of amides is 1. The number of rotatable bonds is 9. The minimum atomic E-state index is -4.37. The molecule has 1 aromatic carbocycles. The lowest BCUT2D eigenvalue weighted by molar-refractivity contribution is -0.175. The molecular weight excluding hydrogens is 351 g/mol. The van der Waals surface area contributed by atoms with Gasteiger partial charge in [0.05, 0.1) is 13.2 Å². The lowest BCUT2D eigenvalue weighted by atomic mass is 10.2. The molecule has 1 atom stereocenters. The van der Waals surface area contributed by atoms with Crippen molar-refractivity contribution in [3.8, 4) is 11.4 Å². The van der Waals surface area contributed by atoms with Crippen molar-refractivity contribution in [2.45, 2.75) is 38.5 Å². The summed E-state index contributed by atoms with van der Waals surface area (Å²) in [6.45, 7) is 0.469. The summed E-state index contributed by atoms with van der Waals surface area (Å²) in [6.07, 6.45) is -3.69. The summed E-state index contributed by atoms with van der Waals surface area (Å²) < 4.78 is 40.4. The molecule has 2 aromatic rings. The van der Waals surface area contributed by atoms with E-state index in [1.807, 2.05) is 30.3 Å². The number of hydrogen-bond acceptors (Lipinski definition) is 5. The number of aryl methyl sites for hydroxylation is 1. The Kier molecular flexibility index (Phi) is 7.07. The summed E-state index contributed by atoms with van der Waals surface area (Å²) in [6, 6.07) is 8.88. The highest BCUT2D eigenvalue weighted by molar-refractivity contribution is 5.76. The van der Waals surface area contributed by atoms with Gasteiger partial charge in [-0.3, -0.25) is 4.79 Å². The monoisotopic (exact) mass is 371 g/mol. The third-order valence-electron chi connectivity index (χ3n) is 3.29. The Morgan fingerprint density at radius 3 is 2.73 bits per heavy atom. The van der Waals surface area contributed by atoms with Crippen LogP contribution in [0.2, 0.25) is 0 Å². The van der Waals surface area contributed by atoms with Crippen LogP contribution < -0.4 is 5.32 Å². The molecule has 0 spiro atoms. The zero-order valence-electron chi connectivity index (χ0n) is 14.2. The number of carbonyl (C=O) groups is 1. The number of benzene rings is 1. The first kappa shape index (κ1) is 19.8. The van der Waals surface area contributed by atoms with Crippen LogP contribution >= 0.6 is 0 Å². The first-order valence-corrected chi connectivity index (χ1v) is 8.10. The van der Waals surface area contributed by atoms with Gasteiger partial charge in [-0.05, 0) is 18.6 Å². The molecular formula is C16H20F3N5O2. The summed E-state index contributed by atoms with van der Waals surface area (Å²) in [4.78, 5) is 13.2. The second kappa shape index (κ2) is 9.27. The van der Waals surface area contributed by atoms with Crippen LogP contribution in [0.3, 0.4) is 0 Å². The van der Waals surface area contributed by atoms with Gasteiger partial charge in [-0.2, -0.15) is 18.0 Å². The molecule has 0 aliphatic carbocycles. The van der Waals surface area contributed by atoms with E-state index in [1.165, 1.54) is 4.80 Å². The molecule has 0 bridgehead atoms. The van der Waals surface area contributed by atoms with Crippen molar-refractivity contribution in [1.29, 1.82) is 0 Å². The Morgan fingerprint density at radius 1 is 1.31 bits per heavy atom. The average Bonchev–Trinajstić information content (AvgIpc) is 3.03. The zero-order chi connectivity index (χ0) is 19.0. The van der Waals surface area contributed by atoms with E-state index in [4.69, 9.17) is 0 Å². The number of tetrazole rings is 1. The fourth-order valence-corrected chi connectivity index (χ4v) is 2.16. The van der Waals surface area contributed by atoms with Crippen molar-refractivity contribution in [3.05, 3.63) is 30.3 Å². The first-order chi connectivity index (χ1) is 12.3. The van der Waals surface area contributed by atoms with Crippen molar-refractivity contribution in [2.75, 3.05) is 13.2 Å². The summed E-state index contributed by atoms with van der Waals surface area (Å²) >= 11 is 0. The minimum Gasteiger partial charge on any atom is -0.370 e. The Bertz CT molecular complexity index is 691. The molecule has 1 unspecified atom stereocenters. The highest BCUT2D eigenvalue weighted by Gasteiger charge is 2.27. The van der Waals surface area contributed by atoms with E-state index in [1.54, 1.807) is 6.92 Å². The van der Waals surface area contributed by atoms with Crippen LogP contribution in [0.15, 0.2) is 30.3 Å². The van der Waals surface area contributed by atoms with E-state index in [-0.39, 0.29) is 18.9 Å². The van der Waals surface area contributed by atoms with Crippen LogP contribution in [0.5, 0.6) is 0 Å². The molecule has 7 nitrogen and oxygen atoms in total. The maximum absolute atomic E-state index is 12.0. The molecule has 1 heterocycles. The van der Waals surface area contributed by atoms with Crippen LogP contribution in [-0.2, 0) is 16.1 Å². The second-order valence-electron chi connectivity index (χ2n) is 5.78. The van der Waals surface area contributed by atoms with Gasteiger partial charge in [0.1, 0.15) is 6.61 Å². The lowest BCUT2D eigenvalue weighted by Gasteiger charge is -2.15. The van der Waals surface area contributed by atoms with Gasteiger partial charge >= 0.3 is 6.18 Å². The van der Waals surface area contributed by atoms with Crippen LogP contribution in [-0.4, -0.2) is 51.5 Å². The maximum atomic E-state index is 12.0. The Morgan fingerprint density at radius 2 is 2.04 bits per heavy atom. The van der Waals surface area contributed by atoms with Gasteiger partial charge in [0.15, 0.2) is 0 Å². The van der Waals surface area contributed by atoms with E-state index in [0.717, 1.165) is 5.56 Å². The molecule has 1 amide bonds. The zero-order valence-corrected chi connectivity index (χ0v) is 14.2. The van der Waals surface area contributed by atoms with Crippen molar-refractivity contribution < 1.29 is 22.7 Å². The third-order valence-corrected chi connectivity index (χ3v) is 3.29. The Labute approximate surface area is 148 Å². The number of aromatic nitrogens is 4. The van der Waals surface area contributed by atoms with E-state index >= 15 is 0 Å². The van der Waals surface area contributed by atoms with Gasteiger partial charge in [0, 0.05) is 18.0 Å².